The van der Waals surface area contributed by atoms with E-state index in [0.29, 0.717) is 0 Å². The zero-order chi connectivity index (χ0) is 13.1. The van der Waals surface area contributed by atoms with Gasteiger partial charge in [0.05, 0.1) is 13.0 Å². The van der Waals surface area contributed by atoms with Crippen LogP contribution in [-0.2, 0) is 11.3 Å². The van der Waals surface area contributed by atoms with Crippen LogP contribution in [0.2, 0.25) is 0 Å². The Morgan fingerprint density at radius 1 is 1.39 bits per heavy atom. The maximum absolute atomic E-state index is 11.0. The number of carboxylic acids is 1. The van der Waals surface area contributed by atoms with Crippen LogP contribution in [0.25, 0.3) is 0 Å². The Kier molecular flexibility index (Phi) is 3.87. The molecule has 0 saturated heterocycles. The van der Waals surface area contributed by atoms with E-state index in [0.717, 1.165) is 25.1 Å². The molecule has 1 aliphatic carbocycles. The van der Waals surface area contributed by atoms with Gasteiger partial charge < -0.3 is 9.84 Å². The van der Waals surface area contributed by atoms with Gasteiger partial charge in [-0.05, 0) is 37.6 Å². The van der Waals surface area contributed by atoms with Gasteiger partial charge in [-0.15, -0.1) is 0 Å². The SMILES string of the molecule is COc1ccc(CN(C)C2CCC2C(=O)O)cc1. The third-order valence-electron chi connectivity index (χ3n) is 3.71. The van der Waals surface area contributed by atoms with Gasteiger partial charge in [0.25, 0.3) is 0 Å². The third kappa shape index (κ3) is 2.64. The molecular formula is C14H19NO3. The molecule has 1 N–H and O–H groups in total. The fourth-order valence-corrected chi connectivity index (χ4v) is 2.43. The molecule has 2 atom stereocenters. The Morgan fingerprint density at radius 2 is 2.06 bits per heavy atom. The van der Waals surface area contributed by atoms with Crippen molar-refractivity contribution in [3.63, 3.8) is 0 Å². The largest absolute Gasteiger partial charge is 0.497 e. The number of hydrogen-bond acceptors (Lipinski definition) is 3. The minimum Gasteiger partial charge on any atom is -0.497 e. The van der Waals surface area contributed by atoms with E-state index in [1.807, 2.05) is 31.3 Å². The molecule has 1 fully saturated rings. The highest BCUT2D eigenvalue weighted by atomic mass is 16.5. The molecule has 4 heteroatoms. The summed E-state index contributed by atoms with van der Waals surface area (Å²) < 4.78 is 5.11. The normalized spacial score (nSPS) is 22.6. The van der Waals surface area contributed by atoms with Crippen LogP contribution in [0, 0.1) is 5.92 Å². The van der Waals surface area contributed by atoms with E-state index >= 15 is 0 Å². The van der Waals surface area contributed by atoms with Crippen molar-refractivity contribution < 1.29 is 14.6 Å². The molecule has 4 nitrogen and oxygen atoms in total. The van der Waals surface area contributed by atoms with Gasteiger partial charge in [0.2, 0.25) is 0 Å². The summed E-state index contributed by atoms with van der Waals surface area (Å²) in [5.41, 5.74) is 1.18. The van der Waals surface area contributed by atoms with Crippen LogP contribution >= 0.6 is 0 Å². The monoisotopic (exact) mass is 249 g/mol. The van der Waals surface area contributed by atoms with Gasteiger partial charge in [-0.3, -0.25) is 9.69 Å². The zero-order valence-electron chi connectivity index (χ0n) is 10.8. The lowest BCUT2D eigenvalue weighted by Crippen LogP contribution is -2.48. The maximum atomic E-state index is 11.0. The lowest BCUT2D eigenvalue weighted by atomic mass is 9.78. The summed E-state index contributed by atoms with van der Waals surface area (Å²) in [5, 5.41) is 9.04. The van der Waals surface area contributed by atoms with Crippen LogP contribution in [0.4, 0.5) is 0 Å². The van der Waals surface area contributed by atoms with E-state index in [1.165, 1.54) is 5.56 Å². The molecule has 1 saturated carbocycles. The summed E-state index contributed by atoms with van der Waals surface area (Å²) >= 11 is 0. The first kappa shape index (κ1) is 12.9. The number of hydrogen-bond donors (Lipinski definition) is 1. The average Bonchev–Trinajstić information content (AvgIpc) is 2.27. The number of benzene rings is 1. The second-order valence-corrected chi connectivity index (χ2v) is 4.85. The number of aliphatic carboxylic acids is 1. The van der Waals surface area contributed by atoms with Crippen molar-refractivity contribution in [2.75, 3.05) is 14.2 Å². The minimum atomic E-state index is -0.673. The number of carboxylic acid groups (broad SMARTS) is 1. The van der Waals surface area contributed by atoms with Crippen LogP contribution in [0.1, 0.15) is 18.4 Å². The zero-order valence-corrected chi connectivity index (χ0v) is 10.8. The lowest BCUT2D eigenvalue weighted by molar-refractivity contribution is -0.148. The van der Waals surface area contributed by atoms with Gasteiger partial charge in [-0.1, -0.05) is 12.1 Å². The molecule has 1 aliphatic rings. The van der Waals surface area contributed by atoms with Crippen molar-refractivity contribution in [3.8, 4) is 5.75 Å². The van der Waals surface area contributed by atoms with Gasteiger partial charge in [0.1, 0.15) is 5.75 Å². The number of carbonyl (C=O) groups is 1. The first-order valence-corrected chi connectivity index (χ1v) is 6.18. The Balaban J connectivity index is 1.94. The van der Waals surface area contributed by atoms with Crippen LogP contribution in [0.15, 0.2) is 24.3 Å². The molecule has 0 bridgehead atoms. The molecule has 0 aliphatic heterocycles. The summed E-state index contributed by atoms with van der Waals surface area (Å²) in [6, 6.07) is 8.06. The standard InChI is InChI=1S/C14H19NO3/c1-15(13-8-7-12(13)14(16)17)9-10-3-5-11(18-2)6-4-10/h3-6,12-13H,7-9H2,1-2H3,(H,16,17). The molecule has 98 valence electrons. The van der Waals surface area contributed by atoms with E-state index < -0.39 is 5.97 Å². The molecule has 0 aromatic heterocycles. The number of nitrogens with zero attached hydrogens (tertiary/aromatic N) is 1. The lowest BCUT2D eigenvalue weighted by Gasteiger charge is -2.40. The molecule has 2 rings (SSSR count). The van der Waals surface area contributed by atoms with E-state index in [4.69, 9.17) is 9.84 Å². The Labute approximate surface area is 107 Å². The molecule has 1 aromatic rings. The highest BCUT2D eigenvalue weighted by Gasteiger charge is 2.38. The summed E-state index contributed by atoms with van der Waals surface area (Å²) in [6.07, 6.45) is 1.77. The molecule has 0 heterocycles. The molecular weight excluding hydrogens is 230 g/mol. The Bertz CT molecular complexity index is 416. The van der Waals surface area contributed by atoms with Crippen LogP contribution in [0.5, 0.6) is 5.75 Å². The highest BCUT2D eigenvalue weighted by Crippen LogP contribution is 2.32. The molecule has 0 spiro atoms. The second kappa shape index (κ2) is 5.40. The van der Waals surface area contributed by atoms with Crippen molar-refractivity contribution in [1.82, 2.24) is 4.90 Å². The van der Waals surface area contributed by atoms with E-state index in [2.05, 4.69) is 4.90 Å². The van der Waals surface area contributed by atoms with Crippen molar-refractivity contribution in [3.05, 3.63) is 29.8 Å². The van der Waals surface area contributed by atoms with Gasteiger partial charge >= 0.3 is 5.97 Å². The predicted molar refractivity (Wildman–Crippen MR) is 68.6 cm³/mol. The van der Waals surface area contributed by atoms with E-state index in [9.17, 15) is 4.79 Å². The topological polar surface area (TPSA) is 49.8 Å². The van der Waals surface area contributed by atoms with Gasteiger partial charge in [-0.25, -0.2) is 0 Å². The van der Waals surface area contributed by atoms with Crippen molar-refractivity contribution in [1.29, 1.82) is 0 Å². The minimum absolute atomic E-state index is 0.171. The number of ether oxygens (including phenoxy) is 1. The molecule has 0 amide bonds. The first-order chi connectivity index (χ1) is 8.61. The first-order valence-electron chi connectivity index (χ1n) is 6.18. The Morgan fingerprint density at radius 3 is 2.50 bits per heavy atom. The third-order valence-corrected chi connectivity index (χ3v) is 3.71. The average molecular weight is 249 g/mol. The van der Waals surface area contributed by atoms with Crippen molar-refractivity contribution in [2.24, 2.45) is 5.92 Å². The molecule has 2 unspecified atom stereocenters. The number of rotatable bonds is 5. The van der Waals surface area contributed by atoms with Crippen molar-refractivity contribution in [2.45, 2.75) is 25.4 Å². The maximum Gasteiger partial charge on any atom is 0.308 e. The second-order valence-electron chi connectivity index (χ2n) is 4.85. The van der Waals surface area contributed by atoms with Crippen LogP contribution in [-0.4, -0.2) is 36.2 Å². The number of methoxy groups -OCH3 is 1. The van der Waals surface area contributed by atoms with E-state index in [-0.39, 0.29) is 12.0 Å². The van der Waals surface area contributed by atoms with Crippen LogP contribution in [0.3, 0.4) is 0 Å². The molecule has 18 heavy (non-hydrogen) atoms. The smallest absolute Gasteiger partial charge is 0.308 e. The quantitative estimate of drug-likeness (QED) is 0.867. The predicted octanol–water partition coefficient (Wildman–Crippen LogP) is 1.99. The van der Waals surface area contributed by atoms with Gasteiger partial charge in [0.15, 0.2) is 0 Å². The molecule has 0 radical (unpaired) electrons. The summed E-state index contributed by atoms with van der Waals surface area (Å²) in [5.74, 6) is -0.0328. The summed E-state index contributed by atoms with van der Waals surface area (Å²) in [7, 11) is 3.64. The fourth-order valence-electron chi connectivity index (χ4n) is 2.43. The summed E-state index contributed by atoms with van der Waals surface area (Å²) in [4.78, 5) is 13.1. The van der Waals surface area contributed by atoms with E-state index in [1.54, 1.807) is 7.11 Å². The molecule has 1 aromatic carbocycles. The Hall–Kier alpha value is -1.55. The highest BCUT2D eigenvalue weighted by molar-refractivity contribution is 5.72. The van der Waals surface area contributed by atoms with Gasteiger partial charge in [-0.2, -0.15) is 0 Å². The van der Waals surface area contributed by atoms with Gasteiger partial charge in [0, 0.05) is 12.6 Å². The summed E-state index contributed by atoms with van der Waals surface area (Å²) in [6.45, 7) is 0.776. The van der Waals surface area contributed by atoms with Crippen molar-refractivity contribution >= 4 is 5.97 Å². The van der Waals surface area contributed by atoms with Crippen LogP contribution < -0.4 is 4.74 Å². The fraction of sp³-hybridized carbons (Fsp3) is 0.500.